The zero-order valence-electron chi connectivity index (χ0n) is 59.9. The molecule has 4 heterocycles. The first-order valence-corrected chi connectivity index (χ1v) is 37.0. The van der Waals surface area contributed by atoms with Gasteiger partial charge in [0.05, 0.1) is 89.2 Å². The van der Waals surface area contributed by atoms with Crippen molar-refractivity contribution < 1.29 is 132 Å². The first-order valence-electron chi connectivity index (χ1n) is 32.3. The number of ether oxygens (including phenoxy) is 6. The second-order valence-corrected chi connectivity index (χ2v) is 30.0. The van der Waals surface area contributed by atoms with Gasteiger partial charge in [0.1, 0.15) is 58.6 Å². The van der Waals surface area contributed by atoms with Crippen molar-refractivity contribution in [2.24, 2.45) is 4.99 Å². The molecule has 109 heavy (non-hydrogen) atoms. The molecule has 28 nitrogen and oxygen atoms in total. The summed E-state index contributed by atoms with van der Waals surface area (Å²) in [5.74, 6) is -7.36. The topological polar surface area (TPSA) is 361 Å². The number of thiazole rings is 2. The van der Waals surface area contributed by atoms with Gasteiger partial charge >= 0.3 is 61.6 Å². The maximum Gasteiger partial charge on any atom is 1.00 e. The molecule has 10 rings (SSSR count). The van der Waals surface area contributed by atoms with Gasteiger partial charge in [-0.05, 0) is 132 Å². The first kappa shape index (κ1) is 85.1. The van der Waals surface area contributed by atoms with Crippen LogP contribution in [0.3, 0.4) is 0 Å². The van der Waals surface area contributed by atoms with Crippen LogP contribution in [0.2, 0.25) is 0 Å². The largest absolute Gasteiger partial charge is 1.00 e. The molecule has 3 unspecified atom stereocenters. The summed E-state index contributed by atoms with van der Waals surface area (Å²) in [6, 6.07) is 32.9. The second kappa shape index (κ2) is 37.2. The van der Waals surface area contributed by atoms with Gasteiger partial charge in [0.15, 0.2) is 11.2 Å². The molecule has 0 aliphatic rings. The summed E-state index contributed by atoms with van der Waals surface area (Å²) < 4.78 is 140. The fraction of sp³-hybridized carbons (Fsp3) is 0.278. The number of carbonyl (C=O) groups is 4. The van der Waals surface area contributed by atoms with Crippen LogP contribution in [0.1, 0.15) is 126 Å². The number of benzene rings is 6. The molecule has 0 amide bonds. The third-order valence-electron chi connectivity index (χ3n) is 15.5. The summed E-state index contributed by atoms with van der Waals surface area (Å²) in [5.41, 5.74) is -1.32. The van der Waals surface area contributed by atoms with Crippen LogP contribution in [0.15, 0.2) is 175 Å². The standard InChI is InChI=1S/C40H42F2N5O9PS.C32H28F2N5O9PS.Na/c1-26(35-46-34(21-58-35)29-12-8-27(19-43)9-13-29)40(22-47-24-44-23-45-47,32-17-16-31(41)18-33(32)42)54-37(49)52-25-51-36(48)30-14-10-28(11-15-30)20-53-57(50,55-38(2,3)4)56-39(5,6)7;1-20(29-38-28(15-50-29)22-7-10-25(35-2)11-8-22)32(16-39-18-36-17-37-39,26-12-9-24(33)13-27(26)34)48-31(41)46-19-45-30(40)23-5-3-21(4-6-23)14-47-49(42,43)44;/h8-18,21,23-24,26H,20,22,25H2,1-7H3;3-13,15,17-18,20H,2,14,16,19H2,1H3,(H2,42,43,44);/q;;+1/p-1/t26-,40?;20-,32?;/m00./s1. The summed E-state index contributed by atoms with van der Waals surface area (Å²) in [4.78, 5) is 93.0. The van der Waals surface area contributed by atoms with Crippen LogP contribution in [-0.4, -0.2) is 100 Å². The van der Waals surface area contributed by atoms with Crippen molar-refractivity contribution in [3.8, 4) is 28.6 Å². The predicted molar refractivity (Wildman–Crippen MR) is 379 cm³/mol. The summed E-state index contributed by atoms with van der Waals surface area (Å²) in [7, 11) is -8.92. The number of aliphatic imine (C=N–C) groups is 1. The summed E-state index contributed by atoms with van der Waals surface area (Å²) in [6.45, 7) is 14.1. The number of aromatic nitrogens is 8. The SMILES string of the molecule is C=Nc1ccc(-c2csc([C@H](C)C(Cn3cncn3)(OC(=O)OCOC(=O)c3ccc(COP(=O)([O-])O)cc3)c3ccc(F)cc3F)n2)cc1.C[C@@H](c1nc(-c2ccc(C#N)cc2)cs1)C(Cn1cncn1)(OC(=O)OCOC(=O)c1ccc(COP(=O)(OC(C)(C)C)OC(C)(C)C)cc1)c1ccc(F)cc1F.[Na+]. The molecule has 1 N–H and O–H groups in total. The molecule has 6 aromatic carbocycles. The van der Waals surface area contributed by atoms with Crippen LogP contribution >= 0.6 is 38.3 Å². The number of carbonyl (C=O) groups excluding carboxylic acids is 4. The Morgan fingerprint density at radius 1 is 0.606 bits per heavy atom. The smallest absolute Gasteiger partial charge is 0.756 e. The molecule has 0 fully saturated rings. The van der Waals surface area contributed by atoms with E-state index in [1.54, 1.807) is 127 Å². The fourth-order valence-electron chi connectivity index (χ4n) is 10.4. The van der Waals surface area contributed by atoms with E-state index >= 15 is 8.78 Å². The molecular formula is C72H69F4N10NaO18P2S2. The van der Waals surface area contributed by atoms with Crippen LogP contribution < -0.4 is 34.5 Å². The first-order chi connectivity index (χ1) is 51.1. The predicted octanol–water partition coefficient (Wildman–Crippen LogP) is 12.1. The molecule has 566 valence electrons. The Kier molecular flexibility index (Phi) is 29.1. The Bertz CT molecular complexity index is 4890. The minimum absolute atomic E-state index is 0. The number of rotatable bonds is 29. The van der Waals surface area contributed by atoms with E-state index in [-0.39, 0.29) is 71.5 Å². The molecule has 0 radical (unpaired) electrons. The molecule has 5 atom stereocenters. The molecular weight excluding hydrogens is 1520 g/mol. The monoisotopic (exact) mass is 1590 g/mol. The minimum atomic E-state index is -4.94. The van der Waals surface area contributed by atoms with E-state index in [4.69, 9.17) is 56.9 Å². The van der Waals surface area contributed by atoms with Gasteiger partial charge in [-0.1, -0.05) is 62.4 Å². The average Bonchev–Trinajstić information content (AvgIpc) is 1.75. The molecule has 4 aromatic heterocycles. The number of nitriles is 1. The Labute approximate surface area is 652 Å². The van der Waals surface area contributed by atoms with Crippen LogP contribution in [-0.2, 0) is 93.2 Å². The van der Waals surface area contributed by atoms with Gasteiger partial charge in [-0.3, -0.25) is 23.1 Å². The third kappa shape index (κ3) is 23.7. The number of nitrogens with zero attached hydrogens (tertiary/aromatic N) is 10. The zero-order chi connectivity index (χ0) is 78.2. The minimum Gasteiger partial charge on any atom is -0.756 e. The number of hydrogen-bond acceptors (Lipinski definition) is 27. The molecule has 0 saturated carbocycles. The maximum atomic E-state index is 15.8. The van der Waals surface area contributed by atoms with Crippen molar-refractivity contribution in [3.63, 3.8) is 0 Å². The van der Waals surface area contributed by atoms with E-state index in [0.29, 0.717) is 61.5 Å². The average molecular weight is 1590 g/mol. The van der Waals surface area contributed by atoms with Gasteiger partial charge in [-0.25, -0.2) is 70.6 Å². The number of esters is 2. The quantitative estimate of drug-likeness (QED) is 0.00865. The van der Waals surface area contributed by atoms with Crippen LogP contribution in [0.4, 0.5) is 32.8 Å². The van der Waals surface area contributed by atoms with E-state index in [0.717, 1.165) is 29.8 Å². The molecule has 37 heteroatoms. The Morgan fingerprint density at radius 2 is 1.01 bits per heavy atom. The van der Waals surface area contributed by atoms with Gasteiger partial charge in [0.25, 0.3) is 7.82 Å². The van der Waals surface area contributed by atoms with E-state index in [9.17, 15) is 47.2 Å². The van der Waals surface area contributed by atoms with Crippen LogP contribution in [0.25, 0.3) is 22.5 Å². The Morgan fingerprint density at radius 3 is 1.37 bits per heavy atom. The van der Waals surface area contributed by atoms with Crippen molar-refractivity contribution in [3.05, 3.63) is 242 Å². The van der Waals surface area contributed by atoms with Gasteiger partial charge in [-0.15, -0.1) is 22.7 Å². The van der Waals surface area contributed by atoms with E-state index in [1.165, 1.54) is 93.7 Å². The number of phosphoric ester groups is 2. The molecule has 10 aromatic rings. The zero-order valence-corrected chi connectivity index (χ0v) is 65.3. The molecule has 0 aliphatic heterocycles. The van der Waals surface area contributed by atoms with E-state index in [2.05, 4.69) is 42.5 Å². The van der Waals surface area contributed by atoms with Crippen molar-refractivity contribution in [1.82, 2.24) is 39.5 Å². The van der Waals surface area contributed by atoms with Crippen molar-refractivity contribution in [1.29, 1.82) is 5.26 Å². The maximum absolute atomic E-state index is 15.8. The number of phosphoric acid groups is 2. The number of halogens is 4. The van der Waals surface area contributed by atoms with Crippen molar-refractivity contribution >= 4 is 75.0 Å². The van der Waals surface area contributed by atoms with Crippen LogP contribution in [0, 0.1) is 34.6 Å². The normalized spacial score (nSPS) is 13.7. The van der Waals surface area contributed by atoms with Crippen molar-refractivity contribution in [2.45, 2.75) is 116 Å². The van der Waals surface area contributed by atoms with E-state index in [1.807, 2.05) is 0 Å². The number of hydrogen-bond donors (Lipinski definition) is 1. The fourth-order valence-corrected chi connectivity index (χ4v) is 14.5. The van der Waals surface area contributed by atoms with Gasteiger partial charge in [0, 0.05) is 45.1 Å². The summed E-state index contributed by atoms with van der Waals surface area (Å²) in [5, 5.41) is 21.8. The van der Waals surface area contributed by atoms with Crippen LogP contribution in [0.5, 0.6) is 0 Å². The summed E-state index contributed by atoms with van der Waals surface area (Å²) in [6.07, 6.45) is 2.41. The molecule has 0 bridgehead atoms. The third-order valence-corrected chi connectivity index (χ3v) is 20.0. The van der Waals surface area contributed by atoms with E-state index < -0.39 is 118 Å². The molecule has 0 aliphatic carbocycles. The molecule has 0 saturated heterocycles. The Hall–Kier alpha value is -9.56. The van der Waals surface area contributed by atoms with Gasteiger partial charge in [0.2, 0.25) is 13.6 Å². The van der Waals surface area contributed by atoms with Gasteiger partial charge < -0.3 is 42.7 Å². The molecule has 0 spiro atoms. The second-order valence-electron chi connectivity index (χ2n) is 25.5. The van der Waals surface area contributed by atoms with Crippen molar-refractivity contribution in [2.75, 3.05) is 13.6 Å². The Balaban J connectivity index is 0.000000275. The summed E-state index contributed by atoms with van der Waals surface area (Å²) >= 11 is 2.42. The van der Waals surface area contributed by atoms with Gasteiger partial charge in [-0.2, -0.15) is 15.5 Å².